The van der Waals surface area contributed by atoms with Gasteiger partial charge in [-0.3, -0.25) is 4.79 Å². The Labute approximate surface area is 159 Å². The monoisotopic (exact) mass is 390 g/mol. The van der Waals surface area contributed by atoms with Gasteiger partial charge < -0.3 is 4.90 Å². The molecule has 0 N–H and O–H groups in total. The van der Waals surface area contributed by atoms with E-state index in [2.05, 4.69) is 0 Å². The zero-order chi connectivity index (χ0) is 19.4. The standard InChI is InChI=1S/C20H23FN2O3S/c1-27(25,26)22(15-16-8-10-18(21)11-9-16)14-12-20(24)23-13-4-6-17-5-2-3-7-19(17)23/h2-3,5,7-11H,4,6,12-15H2,1H3. The van der Waals surface area contributed by atoms with Crippen LogP contribution < -0.4 is 4.90 Å². The molecule has 0 atom stereocenters. The van der Waals surface area contributed by atoms with Gasteiger partial charge in [0.1, 0.15) is 5.82 Å². The number of hydrogen-bond acceptors (Lipinski definition) is 3. The number of fused-ring (bicyclic) bond motifs is 1. The molecule has 0 saturated carbocycles. The maximum Gasteiger partial charge on any atom is 0.228 e. The first-order valence-corrected chi connectivity index (χ1v) is 10.8. The molecule has 0 saturated heterocycles. The van der Waals surface area contributed by atoms with Crippen molar-refractivity contribution in [2.75, 3.05) is 24.2 Å². The summed E-state index contributed by atoms with van der Waals surface area (Å²) >= 11 is 0. The summed E-state index contributed by atoms with van der Waals surface area (Å²) in [6, 6.07) is 13.5. The van der Waals surface area contributed by atoms with Crippen LogP contribution in [0.1, 0.15) is 24.0 Å². The molecule has 2 aromatic rings. The highest BCUT2D eigenvalue weighted by atomic mass is 32.2. The van der Waals surface area contributed by atoms with Gasteiger partial charge >= 0.3 is 0 Å². The maximum absolute atomic E-state index is 13.1. The van der Waals surface area contributed by atoms with Gasteiger partial charge in [0.05, 0.1) is 6.26 Å². The van der Waals surface area contributed by atoms with Crippen LogP contribution in [0.15, 0.2) is 48.5 Å². The number of hydrogen-bond donors (Lipinski definition) is 0. The second-order valence-electron chi connectivity index (χ2n) is 6.75. The number of carbonyl (C=O) groups is 1. The first kappa shape index (κ1) is 19.5. The predicted molar refractivity (Wildman–Crippen MR) is 103 cm³/mol. The summed E-state index contributed by atoms with van der Waals surface area (Å²) in [6.45, 7) is 0.851. The lowest BCUT2D eigenvalue weighted by Gasteiger charge is -2.30. The second-order valence-corrected chi connectivity index (χ2v) is 8.73. The van der Waals surface area contributed by atoms with Crippen molar-refractivity contribution in [1.82, 2.24) is 4.31 Å². The van der Waals surface area contributed by atoms with E-state index in [1.165, 1.54) is 16.4 Å². The molecular formula is C20H23FN2O3S. The van der Waals surface area contributed by atoms with Crippen LogP contribution in [0.3, 0.4) is 0 Å². The van der Waals surface area contributed by atoms with E-state index in [0.717, 1.165) is 30.3 Å². The van der Waals surface area contributed by atoms with E-state index in [9.17, 15) is 17.6 Å². The molecule has 0 spiro atoms. The Morgan fingerprint density at radius 2 is 1.85 bits per heavy atom. The Hall–Kier alpha value is -2.25. The van der Waals surface area contributed by atoms with Crippen LogP contribution in [0.25, 0.3) is 0 Å². The quantitative estimate of drug-likeness (QED) is 0.762. The lowest BCUT2D eigenvalue weighted by Crippen LogP contribution is -2.38. The third-order valence-electron chi connectivity index (χ3n) is 4.73. The van der Waals surface area contributed by atoms with Gasteiger partial charge in [0.2, 0.25) is 15.9 Å². The van der Waals surface area contributed by atoms with Gasteiger partial charge in [-0.2, -0.15) is 4.31 Å². The minimum atomic E-state index is -3.49. The number of nitrogens with zero attached hydrogens (tertiary/aromatic N) is 2. The summed E-state index contributed by atoms with van der Waals surface area (Å²) in [6.07, 6.45) is 3.06. The molecule has 0 bridgehead atoms. The highest BCUT2D eigenvalue weighted by molar-refractivity contribution is 7.88. The van der Waals surface area contributed by atoms with Gasteiger partial charge in [0.15, 0.2) is 0 Å². The topological polar surface area (TPSA) is 57.7 Å². The predicted octanol–water partition coefficient (Wildman–Crippen LogP) is 2.96. The SMILES string of the molecule is CS(=O)(=O)N(CCC(=O)N1CCCc2ccccc21)Cc1ccc(F)cc1. The molecule has 1 aliphatic rings. The summed E-state index contributed by atoms with van der Waals surface area (Å²) in [5.74, 6) is -0.460. The Bertz CT molecular complexity index is 913. The summed E-state index contributed by atoms with van der Waals surface area (Å²) in [5.41, 5.74) is 2.74. The lowest BCUT2D eigenvalue weighted by atomic mass is 10.0. The summed E-state index contributed by atoms with van der Waals surface area (Å²) in [5, 5.41) is 0. The number of sulfonamides is 1. The molecule has 2 aromatic carbocycles. The van der Waals surface area contributed by atoms with Gasteiger partial charge in [0.25, 0.3) is 0 Å². The third kappa shape index (κ3) is 4.93. The normalized spacial score (nSPS) is 14.3. The zero-order valence-electron chi connectivity index (χ0n) is 15.3. The number of amides is 1. The van der Waals surface area contributed by atoms with E-state index >= 15 is 0 Å². The highest BCUT2D eigenvalue weighted by Crippen LogP contribution is 2.27. The Kier molecular flexibility index (Phi) is 5.92. The highest BCUT2D eigenvalue weighted by Gasteiger charge is 2.24. The minimum Gasteiger partial charge on any atom is -0.312 e. The van der Waals surface area contributed by atoms with Crippen LogP contribution in [0.4, 0.5) is 10.1 Å². The number of rotatable bonds is 6. The van der Waals surface area contributed by atoms with Crippen molar-refractivity contribution in [2.24, 2.45) is 0 Å². The van der Waals surface area contributed by atoms with E-state index in [1.54, 1.807) is 17.0 Å². The van der Waals surface area contributed by atoms with E-state index in [1.807, 2.05) is 24.3 Å². The van der Waals surface area contributed by atoms with Crippen LogP contribution in [0.2, 0.25) is 0 Å². The van der Waals surface area contributed by atoms with Crippen molar-refractivity contribution in [1.29, 1.82) is 0 Å². The van der Waals surface area contributed by atoms with Crippen molar-refractivity contribution in [3.05, 3.63) is 65.5 Å². The summed E-state index contributed by atoms with van der Waals surface area (Å²) < 4.78 is 38.5. The molecule has 0 radical (unpaired) electrons. The average molecular weight is 390 g/mol. The Morgan fingerprint density at radius 1 is 1.15 bits per heavy atom. The maximum atomic E-state index is 13.1. The van der Waals surface area contributed by atoms with Crippen LogP contribution in [-0.2, 0) is 27.8 Å². The molecule has 7 heteroatoms. The van der Waals surface area contributed by atoms with Crippen molar-refractivity contribution >= 4 is 21.6 Å². The molecule has 0 aliphatic carbocycles. The van der Waals surface area contributed by atoms with Gasteiger partial charge in [-0.05, 0) is 42.2 Å². The number of anilines is 1. The largest absolute Gasteiger partial charge is 0.312 e. The number of benzene rings is 2. The molecule has 0 aromatic heterocycles. The number of para-hydroxylation sites is 1. The van der Waals surface area contributed by atoms with Crippen molar-refractivity contribution < 1.29 is 17.6 Å². The number of carbonyl (C=O) groups excluding carboxylic acids is 1. The van der Waals surface area contributed by atoms with Crippen molar-refractivity contribution in [3.63, 3.8) is 0 Å². The van der Waals surface area contributed by atoms with Crippen LogP contribution in [0, 0.1) is 5.82 Å². The third-order valence-corrected chi connectivity index (χ3v) is 5.98. The lowest BCUT2D eigenvalue weighted by molar-refractivity contribution is -0.118. The first-order valence-electron chi connectivity index (χ1n) is 8.92. The average Bonchev–Trinajstić information content (AvgIpc) is 2.65. The molecule has 0 unspecified atom stereocenters. The molecule has 1 amide bonds. The van der Waals surface area contributed by atoms with E-state index < -0.39 is 10.0 Å². The van der Waals surface area contributed by atoms with Crippen LogP contribution in [-0.4, -0.2) is 38.0 Å². The minimum absolute atomic E-state index is 0.0880. The smallest absolute Gasteiger partial charge is 0.228 e. The Balaban J connectivity index is 1.69. The van der Waals surface area contributed by atoms with Crippen molar-refractivity contribution in [3.8, 4) is 0 Å². The van der Waals surface area contributed by atoms with Gasteiger partial charge in [0, 0.05) is 31.7 Å². The molecular weight excluding hydrogens is 367 g/mol. The molecule has 3 rings (SSSR count). The fourth-order valence-electron chi connectivity index (χ4n) is 3.30. The fraction of sp³-hybridized carbons (Fsp3) is 0.350. The second kappa shape index (κ2) is 8.19. The molecule has 27 heavy (non-hydrogen) atoms. The van der Waals surface area contributed by atoms with Crippen molar-refractivity contribution in [2.45, 2.75) is 25.8 Å². The number of halogens is 1. The molecule has 1 aliphatic heterocycles. The van der Waals surface area contributed by atoms with Gasteiger partial charge in [-0.25, -0.2) is 12.8 Å². The molecule has 0 fully saturated rings. The van der Waals surface area contributed by atoms with E-state index in [4.69, 9.17) is 0 Å². The first-order chi connectivity index (χ1) is 12.8. The summed E-state index contributed by atoms with van der Waals surface area (Å²) in [4.78, 5) is 14.5. The molecule has 144 valence electrons. The zero-order valence-corrected chi connectivity index (χ0v) is 16.1. The van der Waals surface area contributed by atoms with Crippen LogP contribution in [0.5, 0.6) is 0 Å². The van der Waals surface area contributed by atoms with Gasteiger partial charge in [-0.1, -0.05) is 30.3 Å². The van der Waals surface area contributed by atoms with E-state index in [-0.39, 0.29) is 31.2 Å². The van der Waals surface area contributed by atoms with Crippen LogP contribution >= 0.6 is 0 Å². The fourth-order valence-corrected chi connectivity index (χ4v) is 4.11. The van der Waals surface area contributed by atoms with Gasteiger partial charge in [-0.15, -0.1) is 0 Å². The number of aryl methyl sites for hydroxylation is 1. The Morgan fingerprint density at radius 3 is 2.56 bits per heavy atom. The molecule has 1 heterocycles. The summed E-state index contributed by atoms with van der Waals surface area (Å²) in [7, 11) is -3.49. The molecule has 5 nitrogen and oxygen atoms in total. The van der Waals surface area contributed by atoms with E-state index in [0.29, 0.717) is 12.1 Å².